The summed E-state index contributed by atoms with van der Waals surface area (Å²) in [5.74, 6) is 0.705. The van der Waals surface area contributed by atoms with E-state index in [1.54, 1.807) is 61.1 Å². The number of nitrogens with one attached hydrogen (secondary N) is 2. The molecule has 4 heterocycles. The minimum atomic E-state index is -2.39. The number of anilines is 2. The van der Waals surface area contributed by atoms with Crippen LogP contribution in [0.5, 0.6) is 5.75 Å². The van der Waals surface area contributed by atoms with Gasteiger partial charge in [-0.05, 0) is 79.6 Å². The SMILES string of the molecule is O=S(=O)=C(CNCCCC1(c2cc3c(Nc4ccc(OCc5cccc(F)c5)c(Cl)c4)ncnc3cn2)CC=CO1)c1ccccn1. The standard InChI is InChI=1S/C34H30ClFN6O4S/c35-27-17-25(9-10-30(27)45-21-23-6-3-7-24(36)16-23)42-33-26-18-32(39-19-29(26)40-22-41-33)34(12-5-15-46-34)11-4-13-37-20-31(47(43)44)28-8-1-2-14-38-28/h1-3,5-10,14-19,22,37H,4,11-13,20-21H2,(H,40,41,42). The Bertz CT molecular complexity index is 2050. The van der Waals surface area contributed by atoms with E-state index in [2.05, 4.69) is 25.6 Å². The van der Waals surface area contributed by atoms with Crippen molar-refractivity contribution in [2.45, 2.75) is 31.5 Å². The molecule has 2 N–H and O–H groups in total. The summed E-state index contributed by atoms with van der Waals surface area (Å²) in [6, 6.07) is 18.6. The quantitative estimate of drug-likeness (QED) is 0.0856. The Labute approximate surface area is 277 Å². The summed E-state index contributed by atoms with van der Waals surface area (Å²) in [5, 5.41) is 7.68. The van der Waals surface area contributed by atoms with Gasteiger partial charge >= 0.3 is 0 Å². The third-order valence-corrected chi connectivity index (χ3v) is 8.73. The lowest BCUT2D eigenvalue weighted by Gasteiger charge is -2.28. The van der Waals surface area contributed by atoms with E-state index < -0.39 is 15.9 Å². The Morgan fingerprint density at radius 1 is 1.04 bits per heavy atom. The number of hydrogen-bond donors (Lipinski definition) is 2. The molecule has 3 aromatic heterocycles. The third kappa shape index (κ3) is 7.74. The number of rotatable bonds is 13. The number of halogens is 2. The smallest absolute Gasteiger partial charge is 0.220 e. The van der Waals surface area contributed by atoms with Gasteiger partial charge in [-0.2, -0.15) is 8.42 Å². The maximum Gasteiger partial charge on any atom is 0.220 e. The van der Waals surface area contributed by atoms with Crippen molar-refractivity contribution in [3.63, 3.8) is 0 Å². The highest BCUT2D eigenvalue weighted by molar-refractivity contribution is 7.73. The Morgan fingerprint density at radius 2 is 1.96 bits per heavy atom. The first-order valence-corrected chi connectivity index (χ1v) is 16.3. The van der Waals surface area contributed by atoms with Crippen LogP contribution in [0.15, 0.2) is 97.8 Å². The molecular weight excluding hydrogens is 643 g/mol. The summed E-state index contributed by atoms with van der Waals surface area (Å²) in [4.78, 5) is 18.0. The number of benzene rings is 2. The van der Waals surface area contributed by atoms with Gasteiger partial charge in [0.2, 0.25) is 10.3 Å². The lowest BCUT2D eigenvalue weighted by molar-refractivity contribution is 0.0265. The monoisotopic (exact) mass is 672 g/mol. The molecule has 0 saturated heterocycles. The van der Waals surface area contributed by atoms with E-state index in [0.717, 1.165) is 11.1 Å². The number of hydrogen-bond acceptors (Lipinski definition) is 10. The average Bonchev–Trinajstić information content (AvgIpc) is 3.56. The van der Waals surface area contributed by atoms with E-state index in [-0.39, 0.29) is 23.8 Å². The largest absolute Gasteiger partial charge is 0.489 e. The molecule has 1 atom stereocenters. The van der Waals surface area contributed by atoms with Crippen LogP contribution in [-0.4, -0.2) is 46.3 Å². The van der Waals surface area contributed by atoms with Gasteiger partial charge in [-0.1, -0.05) is 29.8 Å². The normalized spacial score (nSPS) is 15.4. The highest BCUT2D eigenvalue weighted by Gasteiger charge is 2.36. The van der Waals surface area contributed by atoms with Crippen LogP contribution in [0.3, 0.4) is 0 Å². The highest BCUT2D eigenvalue weighted by Crippen LogP contribution is 2.39. The molecule has 0 saturated carbocycles. The second-order valence-corrected chi connectivity index (χ2v) is 12.2. The van der Waals surface area contributed by atoms with E-state index in [4.69, 9.17) is 26.1 Å². The molecule has 0 spiro atoms. The van der Waals surface area contributed by atoms with Gasteiger partial charge in [0.1, 0.15) is 35.2 Å². The molecule has 13 heteroatoms. The molecular formula is C34H30ClFN6O4S. The molecule has 1 unspecified atom stereocenters. The molecule has 5 aromatic rings. The highest BCUT2D eigenvalue weighted by atomic mass is 35.5. The second-order valence-electron chi connectivity index (χ2n) is 10.8. The van der Waals surface area contributed by atoms with Crippen molar-refractivity contribution in [3.05, 3.63) is 126 Å². The summed E-state index contributed by atoms with van der Waals surface area (Å²) in [7, 11) is -2.39. The summed E-state index contributed by atoms with van der Waals surface area (Å²) < 4.78 is 49.1. The fraction of sp³-hybridized carbons (Fsp3) is 0.206. The van der Waals surface area contributed by atoms with E-state index in [9.17, 15) is 12.8 Å². The minimum absolute atomic E-state index is 0.171. The maximum absolute atomic E-state index is 13.5. The Hall–Kier alpha value is -4.91. The molecule has 1 aliphatic heterocycles. The van der Waals surface area contributed by atoms with Crippen molar-refractivity contribution in [3.8, 4) is 5.75 Å². The van der Waals surface area contributed by atoms with Crippen molar-refractivity contribution in [1.29, 1.82) is 0 Å². The zero-order valence-corrected chi connectivity index (χ0v) is 26.6. The van der Waals surface area contributed by atoms with Gasteiger partial charge in [0, 0.05) is 30.2 Å². The third-order valence-electron chi connectivity index (χ3n) is 7.68. The van der Waals surface area contributed by atoms with Crippen LogP contribution >= 0.6 is 11.6 Å². The van der Waals surface area contributed by atoms with Crippen LogP contribution in [0.4, 0.5) is 15.9 Å². The van der Waals surface area contributed by atoms with Crippen molar-refractivity contribution < 1.29 is 22.3 Å². The van der Waals surface area contributed by atoms with Gasteiger partial charge < -0.3 is 20.1 Å². The molecule has 2 aromatic carbocycles. The van der Waals surface area contributed by atoms with Crippen LogP contribution in [-0.2, 0) is 27.2 Å². The maximum atomic E-state index is 13.5. The first-order chi connectivity index (χ1) is 22.9. The molecule has 0 fully saturated rings. The molecule has 10 nitrogen and oxygen atoms in total. The van der Waals surface area contributed by atoms with Gasteiger partial charge in [0.25, 0.3) is 0 Å². The lowest BCUT2D eigenvalue weighted by Crippen LogP contribution is -2.30. The van der Waals surface area contributed by atoms with Crippen molar-refractivity contribution in [2.24, 2.45) is 0 Å². The molecule has 6 rings (SSSR count). The zero-order valence-electron chi connectivity index (χ0n) is 25.1. The van der Waals surface area contributed by atoms with Crippen LogP contribution in [0.2, 0.25) is 5.02 Å². The van der Waals surface area contributed by atoms with E-state index in [0.29, 0.717) is 64.9 Å². The molecule has 1 aliphatic rings. The predicted molar refractivity (Wildman–Crippen MR) is 179 cm³/mol. The van der Waals surface area contributed by atoms with Crippen molar-refractivity contribution in [2.75, 3.05) is 18.4 Å². The molecule has 0 amide bonds. The van der Waals surface area contributed by atoms with Crippen LogP contribution < -0.4 is 15.4 Å². The van der Waals surface area contributed by atoms with Gasteiger partial charge in [0.15, 0.2) is 5.60 Å². The number of aromatic nitrogens is 4. The summed E-state index contributed by atoms with van der Waals surface area (Å²) in [5.41, 5.74) is 2.49. The van der Waals surface area contributed by atoms with E-state index in [1.807, 2.05) is 18.2 Å². The summed E-state index contributed by atoms with van der Waals surface area (Å²) in [6.07, 6.45) is 10.3. The Balaban J connectivity index is 1.14. The summed E-state index contributed by atoms with van der Waals surface area (Å²) in [6.45, 7) is 0.909. The van der Waals surface area contributed by atoms with Crippen LogP contribution in [0, 0.1) is 5.82 Å². The molecule has 240 valence electrons. The van der Waals surface area contributed by atoms with Crippen LogP contribution in [0.25, 0.3) is 10.9 Å². The van der Waals surface area contributed by atoms with Gasteiger partial charge in [-0.25, -0.2) is 14.4 Å². The van der Waals surface area contributed by atoms with Crippen molar-refractivity contribution >= 4 is 49.2 Å². The summed E-state index contributed by atoms with van der Waals surface area (Å²) >= 11 is 6.53. The first kappa shape index (κ1) is 32.0. The van der Waals surface area contributed by atoms with Gasteiger partial charge in [0.05, 0.1) is 34.4 Å². The molecule has 0 aliphatic carbocycles. The predicted octanol–water partition coefficient (Wildman–Crippen LogP) is 6.13. The van der Waals surface area contributed by atoms with Crippen LogP contribution in [0.1, 0.15) is 36.2 Å². The number of pyridine rings is 2. The second kappa shape index (κ2) is 14.7. The Kier molecular flexibility index (Phi) is 10.0. The first-order valence-electron chi connectivity index (χ1n) is 14.9. The molecule has 0 bridgehead atoms. The number of fused-ring (bicyclic) bond motifs is 1. The minimum Gasteiger partial charge on any atom is -0.489 e. The fourth-order valence-corrected chi connectivity index (χ4v) is 6.06. The Morgan fingerprint density at radius 3 is 2.72 bits per heavy atom. The molecule has 47 heavy (non-hydrogen) atoms. The molecule has 0 radical (unpaired) electrons. The average molecular weight is 673 g/mol. The van der Waals surface area contributed by atoms with E-state index >= 15 is 0 Å². The van der Waals surface area contributed by atoms with Gasteiger partial charge in [-0.15, -0.1) is 0 Å². The number of ether oxygens (including phenoxy) is 2. The zero-order chi connectivity index (χ0) is 32.6. The number of nitrogens with zero attached hydrogens (tertiary/aromatic N) is 4. The van der Waals surface area contributed by atoms with Gasteiger partial charge in [-0.3, -0.25) is 9.97 Å². The van der Waals surface area contributed by atoms with E-state index in [1.165, 1.54) is 18.5 Å². The van der Waals surface area contributed by atoms with Crippen molar-refractivity contribution in [1.82, 2.24) is 25.3 Å². The lowest BCUT2D eigenvalue weighted by atomic mass is 9.90. The topological polar surface area (TPSA) is 128 Å². The fourth-order valence-electron chi connectivity index (χ4n) is 5.31.